The van der Waals surface area contributed by atoms with Crippen molar-refractivity contribution in [3.8, 4) is 56.4 Å². The number of nitrogens with zero attached hydrogens (tertiary/aromatic N) is 1. The monoisotopic (exact) mass is 771 g/mol. The van der Waals surface area contributed by atoms with E-state index in [0.29, 0.717) is 17.2 Å². The lowest BCUT2D eigenvalue weighted by atomic mass is 9.70. The van der Waals surface area contributed by atoms with Crippen molar-refractivity contribution < 1.29 is 9.47 Å². The van der Waals surface area contributed by atoms with Gasteiger partial charge in [-0.1, -0.05) is 146 Å². The van der Waals surface area contributed by atoms with Crippen molar-refractivity contribution in [2.45, 2.75) is 5.41 Å². The molecule has 276 valence electrons. The molecule has 0 amide bonds. The number of hydrogen-bond donors (Lipinski definition) is 0. The van der Waals surface area contributed by atoms with E-state index in [1.165, 1.54) is 70.2 Å². The van der Waals surface area contributed by atoms with Gasteiger partial charge in [-0.3, -0.25) is 0 Å². The summed E-state index contributed by atoms with van der Waals surface area (Å²) in [5, 5.41) is 2.57. The number of thiophene rings is 1. The lowest BCUT2D eigenvalue weighted by Gasteiger charge is -2.31. The molecular formula is C55H33NO2S. The van der Waals surface area contributed by atoms with Crippen molar-refractivity contribution in [1.29, 1.82) is 0 Å². The number of fused-ring (bicyclic) bond motifs is 15. The van der Waals surface area contributed by atoms with Crippen LogP contribution in [0, 0.1) is 0 Å². The maximum Gasteiger partial charge on any atom is 0.172 e. The highest BCUT2D eigenvalue weighted by atomic mass is 32.1. The van der Waals surface area contributed by atoms with Crippen LogP contribution in [0.1, 0.15) is 22.3 Å². The molecule has 1 aliphatic heterocycles. The molecule has 13 rings (SSSR count). The second kappa shape index (κ2) is 12.3. The summed E-state index contributed by atoms with van der Waals surface area (Å²) in [6.07, 6.45) is 0. The van der Waals surface area contributed by atoms with Crippen LogP contribution >= 0.6 is 11.3 Å². The lowest BCUT2D eigenvalue weighted by molar-refractivity contribution is 0.359. The molecule has 59 heavy (non-hydrogen) atoms. The lowest BCUT2D eigenvalue weighted by Crippen LogP contribution is -2.25. The summed E-state index contributed by atoms with van der Waals surface area (Å²) in [5.41, 5.74) is 15.1. The van der Waals surface area contributed by atoms with Crippen LogP contribution in [0.3, 0.4) is 0 Å². The Morgan fingerprint density at radius 2 is 0.915 bits per heavy atom. The van der Waals surface area contributed by atoms with Gasteiger partial charge in [0.05, 0.1) is 16.8 Å². The van der Waals surface area contributed by atoms with Gasteiger partial charge in [-0.2, -0.15) is 0 Å². The Balaban J connectivity index is 0.963. The van der Waals surface area contributed by atoms with Crippen molar-refractivity contribution in [2.75, 3.05) is 4.90 Å². The minimum Gasteiger partial charge on any atom is -0.449 e. The van der Waals surface area contributed by atoms with Gasteiger partial charge in [-0.15, -0.1) is 11.3 Å². The van der Waals surface area contributed by atoms with Crippen LogP contribution in [0.2, 0.25) is 0 Å². The number of para-hydroxylation sites is 2. The molecule has 1 spiro atoms. The van der Waals surface area contributed by atoms with Gasteiger partial charge >= 0.3 is 0 Å². The summed E-state index contributed by atoms with van der Waals surface area (Å²) in [6, 6.07) is 72.1. The molecule has 0 unspecified atom stereocenters. The van der Waals surface area contributed by atoms with Crippen molar-refractivity contribution >= 4 is 48.6 Å². The van der Waals surface area contributed by atoms with Crippen molar-refractivity contribution in [2.24, 2.45) is 0 Å². The predicted octanol–water partition coefficient (Wildman–Crippen LogP) is 15.4. The first-order valence-corrected chi connectivity index (χ1v) is 20.9. The summed E-state index contributed by atoms with van der Waals surface area (Å²) < 4.78 is 16.4. The molecule has 0 saturated carbocycles. The Hall–Kier alpha value is -7.40. The Kier molecular flexibility index (Phi) is 6.81. The Morgan fingerprint density at radius 3 is 1.68 bits per heavy atom. The molecule has 3 nitrogen and oxygen atoms in total. The highest BCUT2D eigenvalue weighted by Crippen LogP contribution is 2.64. The summed E-state index contributed by atoms with van der Waals surface area (Å²) in [6.45, 7) is 0. The molecular weight excluding hydrogens is 739 g/mol. The van der Waals surface area contributed by atoms with Crippen LogP contribution in [0.4, 0.5) is 17.1 Å². The maximum atomic E-state index is 7.00. The average molecular weight is 772 g/mol. The molecule has 3 aliphatic rings. The molecule has 9 aromatic carbocycles. The van der Waals surface area contributed by atoms with Gasteiger partial charge in [0.15, 0.2) is 23.0 Å². The highest BCUT2D eigenvalue weighted by Gasteiger charge is 2.52. The van der Waals surface area contributed by atoms with E-state index < -0.39 is 5.41 Å². The molecule has 0 bridgehead atoms. The van der Waals surface area contributed by atoms with Gasteiger partial charge in [-0.05, 0) is 93.0 Å². The molecule has 1 aromatic heterocycles. The third-order valence-corrected chi connectivity index (χ3v) is 13.8. The molecule has 4 heteroatoms. The average Bonchev–Trinajstić information content (AvgIpc) is 3.92. The fourth-order valence-electron chi connectivity index (χ4n) is 10.2. The second-order valence-corrected chi connectivity index (χ2v) is 16.6. The highest BCUT2D eigenvalue weighted by molar-refractivity contribution is 7.26. The van der Waals surface area contributed by atoms with E-state index in [1.807, 2.05) is 17.4 Å². The largest absolute Gasteiger partial charge is 0.449 e. The van der Waals surface area contributed by atoms with Gasteiger partial charge in [-0.25, -0.2) is 0 Å². The fourth-order valence-corrected chi connectivity index (χ4v) is 11.4. The summed E-state index contributed by atoms with van der Waals surface area (Å²) >= 11 is 1.86. The minimum absolute atomic E-state index is 0.468. The normalized spacial score (nSPS) is 13.5. The Morgan fingerprint density at radius 1 is 0.356 bits per heavy atom. The van der Waals surface area contributed by atoms with E-state index in [9.17, 15) is 0 Å². The third-order valence-electron chi connectivity index (χ3n) is 12.5. The third kappa shape index (κ3) is 4.52. The fraction of sp³-hybridized carbons (Fsp3) is 0.0182. The summed E-state index contributed by atoms with van der Waals surface area (Å²) in [7, 11) is 0. The Bertz CT molecular complexity index is 3320. The van der Waals surface area contributed by atoms with Crippen LogP contribution in [-0.4, -0.2) is 0 Å². The van der Waals surface area contributed by atoms with Gasteiger partial charge in [0, 0.05) is 43.1 Å². The zero-order chi connectivity index (χ0) is 38.7. The van der Waals surface area contributed by atoms with Gasteiger partial charge in [0.1, 0.15) is 0 Å². The number of rotatable bonds is 4. The van der Waals surface area contributed by atoms with Crippen LogP contribution in [0.5, 0.6) is 23.0 Å². The zero-order valence-electron chi connectivity index (χ0n) is 31.7. The van der Waals surface area contributed by atoms with Crippen LogP contribution in [-0.2, 0) is 5.41 Å². The minimum atomic E-state index is -0.468. The van der Waals surface area contributed by atoms with Gasteiger partial charge in [0.2, 0.25) is 0 Å². The number of anilines is 3. The number of benzene rings is 9. The van der Waals surface area contributed by atoms with E-state index in [4.69, 9.17) is 9.47 Å². The molecule has 2 aliphatic carbocycles. The zero-order valence-corrected chi connectivity index (χ0v) is 32.5. The van der Waals surface area contributed by atoms with E-state index in [2.05, 4.69) is 199 Å². The molecule has 2 heterocycles. The second-order valence-electron chi connectivity index (χ2n) is 15.5. The van der Waals surface area contributed by atoms with E-state index in [-0.39, 0.29) is 0 Å². The van der Waals surface area contributed by atoms with Crippen LogP contribution in [0.25, 0.3) is 53.6 Å². The first-order chi connectivity index (χ1) is 29.3. The number of hydrogen-bond acceptors (Lipinski definition) is 4. The SMILES string of the molecule is c1ccc(N(c2ccc3c(c2)Oc2cc4c(cc2O3)-c2ccccc2C42c3ccccc3-c3ccccc32)c2ccccc2-c2cccc3c2sc2ccccc23)cc1. The first kappa shape index (κ1) is 32.7. The smallest absolute Gasteiger partial charge is 0.172 e. The number of ether oxygens (including phenoxy) is 2. The predicted molar refractivity (Wildman–Crippen MR) is 242 cm³/mol. The summed E-state index contributed by atoms with van der Waals surface area (Å²) in [4.78, 5) is 2.33. The quantitative estimate of drug-likeness (QED) is 0.178. The van der Waals surface area contributed by atoms with E-state index >= 15 is 0 Å². The van der Waals surface area contributed by atoms with Crippen LogP contribution < -0.4 is 14.4 Å². The molecule has 0 atom stereocenters. The maximum absolute atomic E-state index is 7.00. The van der Waals surface area contributed by atoms with Gasteiger partial charge < -0.3 is 14.4 Å². The molecule has 0 N–H and O–H groups in total. The van der Waals surface area contributed by atoms with Crippen LogP contribution in [0.15, 0.2) is 200 Å². The standard InChI is InChI=1S/C55H33NO2S/c1-2-15-34(16-3-1)56(48-27-12-7-20-39(48)41-22-14-23-42-40-21-8-13-28-53(40)59-54(41)42)35-29-30-49-50(31-35)58-52-33-47-43(32-51(52)57-49)38-19-6-11-26-46(38)55(47)44-24-9-4-17-36(44)37-18-5-10-25-45(37)55/h1-33H. The van der Waals surface area contributed by atoms with Crippen molar-refractivity contribution in [3.63, 3.8) is 0 Å². The molecule has 10 aromatic rings. The molecule has 0 radical (unpaired) electrons. The van der Waals surface area contributed by atoms with E-state index in [0.717, 1.165) is 28.4 Å². The van der Waals surface area contributed by atoms with E-state index in [1.54, 1.807) is 0 Å². The summed E-state index contributed by atoms with van der Waals surface area (Å²) in [5.74, 6) is 2.80. The Labute approximate surface area is 345 Å². The van der Waals surface area contributed by atoms with Crippen molar-refractivity contribution in [3.05, 3.63) is 222 Å². The first-order valence-electron chi connectivity index (χ1n) is 20.1. The van der Waals surface area contributed by atoms with Crippen molar-refractivity contribution in [1.82, 2.24) is 0 Å². The molecule has 0 saturated heterocycles. The van der Waals surface area contributed by atoms with Gasteiger partial charge in [0.25, 0.3) is 0 Å². The molecule has 0 fully saturated rings. The topological polar surface area (TPSA) is 21.7 Å².